The molecule has 2 aliphatic rings. The van der Waals surface area contributed by atoms with Crippen molar-refractivity contribution in [3.8, 4) is 0 Å². The Labute approximate surface area is 112 Å². The number of carboxylic acid groups (broad SMARTS) is 1. The van der Waals surface area contributed by atoms with Gasteiger partial charge in [-0.15, -0.1) is 0 Å². The van der Waals surface area contributed by atoms with Gasteiger partial charge in [-0.3, -0.25) is 4.79 Å². The van der Waals surface area contributed by atoms with Crippen LogP contribution in [0.5, 0.6) is 0 Å². The highest BCUT2D eigenvalue weighted by Gasteiger charge is 2.43. The summed E-state index contributed by atoms with van der Waals surface area (Å²) in [4.78, 5) is 24.5. The fraction of sp³-hybridized carbons (Fsp3) is 0.846. The number of hydrogen-bond donors (Lipinski definition) is 3. The van der Waals surface area contributed by atoms with Gasteiger partial charge < -0.3 is 20.4 Å². The Bertz CT molecular complexity index is 361. The monoisotopic (exact) mass is 270 g/mol. The van der Waals surface area contributed by atoms with Crippen LogP contribution in [0.3, 0.4) is 0 Å². The highest BCUT2D eigenvalue weighted by atomic mass is 16.4. The van der Waals surface area contributed by atoms with Crippen molar-refractivity contribution in [2.24, 2.45) is 17.8 Å². The topological polar surface area (TPSA) is 89.9 Å². The minimum Gasteiger partial charge on any atom is -0.481 e. The molecule has 4 atom stereocenters. The van der Waals surface area contributed by atoms with Crippen molar-refractivity contribution in [3.63, 3.8) is 0 Å². The zero-order valence-electron chi connectivity index (χ0n) is 11.2. The summed E-state index contributed by atoms with van der Waals surface area (Å²) in [7, 11) is 0. The summed E-state index contributed by atoms with van der Waals surface area (Å²) >= 11 is 0. The van der Waals surface area contributed by atoms with Gasteiger partial charge in [-0.1, -0.05) is 6.92 Å². The average Bonchev–Trinajstić information content (AvgIpc) is 2.92. The van der Waals surface area contributed by atoms with Gasteiger partial charge in [0.1, 0.15) is 0 Å². The Balaban J connectivity index is 1.80. The van der Waals surface area contributed by atoms with Crippen LogP contribution in [0.15, 0.2) is 0 Å². The summed E-state index contributed by atoms with van der Waals surface area (Å²) in [5.74, 6) is -0.803. The number of aliphatic hydroxyl groups excluding tert-OH is 1. The molecule has 6 nitrogen and oxygen atoms in total. The Morgan fingerprint density at radius 2 is 2.11 bits per heavy atom. The lowest BCUT2D eigenvalue weighted by Gasteiger charge is -2.20. The lowest BCUT2D eigenvalue weighted by Crippen LogP contribution is -2.42. The van der Waals surface area contributed by atoms with E-state index in [0.717, 1.165) is 12.8 Å². The van der Waals surface area contributed by atoms with Crippen molar-refractivity contribution < 1.29 is 19.8 Å². The molecule has 1 saturated carbocycles. The van der Waals surface area contributed by atoms with Crippen LogP contribution in [0.4, 0.5) is 4.79 Å². The third kappa shape index (κ3) is 3.00. The lowest BCUT2D eigenvalue weighted by atomic mass is 10.00. The molecule has 1 heterocycles. The number of nitrogens with zero attached hydrogens (tertiary/aromatic N) is 1. The Morgan fingerprint density at radius 3 is 2.68 bits per heavy atom. The number of carbonyl (C=O) groups is 2. The third-order valence-corrected chi connectivity index (χ3v) is 4.45. The molecule has 6 heteroatoms. The molecule has 0 bridgehead atoms. The average molecular weight is 270 g/mol. The first kappa shape index (κ1) is 14.1. The third-order valence-electron chi connectivity index (χ3n) is 4.45. The molecule has 0 radical (unpaired) electrons. The van der Waals surface area contributed by atoms with E-state index in [0.29, 0.717) is 25.4 Å². The van der Waals surface area contributed by atoms with Crippen LogP contribution in [0, 0.1) is 17.8 Å². The van der Waals surface area contributed by atoms with E-state index in [2.05, 4.69) is 5.32 Å². The highest BCUT2D eigenvalue weighted by Crippen LogP contribution is 2.37. The summed E-state index contributed by atoms with van der Waals surface area (Å²) in [6.45, 7) is 3.22. The number of aliphatic carboxylic acids is 1. The van der Waals surface area contributed by atoms with Gasteiger partial charge in [-0.05, 0) is 25.2 Å². The molecule has 2 amide bonds. The fourth-order valence-corrected chi connectivity index (χ4v) is 3.13. The van der Waals surface area contributed by atoms with Crippen molar-refractivity contribution in [2.75, 3.05) is 19.6 Å². The number of hydrogen-bond acceptors (Lipinski definition) is 3. The number of carboxylic acids is 1. The number of amides is 2. The number of likely N-dealkylation sites (tertiary alicyclic amines) is 1. The number of carbonyl (C=O) groups excluding carboxylic acids is 1. The fourth-order valence-electron chi connectivity index (χ4n) is 3.13. The van der Waals surface area contributed by atoms with Gasteiger partial charge >= 0.3 is 12.0 Å². The van der Waals surface area contributed by atoms with Gasteiger partial charge in [0.15, 0.2) is 0 Å². The van der Waals surface area contributed by atoms with Crippen LogP contribution in [0.2, 0.25) is 0 Å². The van der Waals surface area contributed by atoms with Crippen molar-refractivity contribution in [2.45, 2.75) is 32.3 Å². The first-order valence-corrected chi connectivity index (χ1v) is 6.96. The lowest BCUT2D eigenvalue weighted by molar-refractivity contribution is -0.141. The van der Waals surface area contributed by atoms with E-state index in [4.69, 9.17) is 5.11 Å². The molecule has 2 fully saturated rings. The molecule has 1 aliphatic heterocycles. The summed E-state index contributed by atoms with van der Waals surface area (Å²) in [5.41, 5.74) is 0. The summed E-state index contributed by atoms with van der Waals surface area (Å²) in [5, 5.41) is 21.4. The Morgan fingerprint density at radius 1 is 1.37 bits per heavy atom. The summed E-state index contributed by atoms with van der Waals surface area (Å²) < 4.78 is 0. The molecule has 1 aliphatic carbocycles. The molecule has 0 spiro atoms. The second-order valence-corrected chi connectivity index (χ2v) is 5.60. The maximum absolute atomic E-state index is 12.0. The first-order valence-electron chi connectivity index (χ1n) is 6.96. The molecule has 108 valence electrons. The van der Waals surface area contributed by atoms with Crippen molar-refractivity contribution in [3.05, 3.63) is 0 Å². The van der Waals surface area contributed by atoms with E-state index < -0.39 is 11.9 Å². The zero-order valence-corrected chi connectivity index (χ0v) is 11.2. The van der Waals surface area contributed by atoms with E-state index in [1.807, 2.05) is 0 Å². The molecule has 0 aromatic carbocycles. The summed E-state index contributed by atoms with van der Waals surface area (Å²) in [6, 6.07) is -0.207. The van der Waals surface area contributed by atoms with E-state index in [1.165, 1.54) is 0 Å². The minimum atomic E-state index is -0.878. The van der Waals surface area contributed by atoms with Crippen LogP contribution < -0.4 is 5.32 Å². The second-order valence-electron chi connectivity index (χ2n) is 5.60. The molecular formula is C13H22N2O4. The molecule has 2 rings (SSSR count). The number of rotatable bonds is 4. The maximum atomic E-state index is 12.0. The predicted octanol–water partition coefficient (Wildman–Crippen LogP) is 0.509. The number of nitrogens with one attached hydrogen (secondary N) is 1. The largest absolute Gasteiger partial charge is 0.481 e. The van der Waals surface area contributed by atoms with Gasteiger partial charge in [0.05, 0.1) is 12.0 Å². The molecule has 0 aromatic rings. The van der Waals surface area contributed by atoms with Crippen molar-refractivity contribution in [1.82, 2.24) is 10.2 Å². The maximum Gasteiger partial charge on any atom is 0.317 e. The molecule has 19 heavy (non-hydrogen) atoms. The summed E-state index contributed by atoms with van der Waals surface area (Å²) in [6.07, 6.45) is 2.02. The van der Waals surface area contributed by atoms with Gasteiger partial charge in [0.2, 0.25) is 0 Å². The smallest absolute Gasteiger partial charge is 0.317 e. The van der Waals surface area contributed by atoms with Crippen LogP contribution >= 0.6 is 0 Å². The highest BCUT2D eigenvalue weighted by molar-refractivity contribution is 5.76. The van der Waals surface area contributed by atoms with E-state index in [-0.39, 0.29) is 24.6 Å². The Hall–Kier alpha value is -1.30. The first-order chi connectivity index (χ1) is 9.02. The van der Waals surface area contributed by atoms with Crippen LogP contribution in [0.1, 0.15) is 26.2 Å². The normalized spacial score (nSPS) is 31.1. The van der Waals surface area contributed by atoms with E-state index in [9.17, 15) is 14.7 Å². The van der Waals surface area contributed by atoms with Gasteiger partial charge in [0, 0.05) is 25.6 Å². The van der Waals surface area contributed by atoms with Crippen molar-refractivity contribution >= 4 is 12.0 Å². The number of fused-ring (bicyclic) bond motifs is 1. The zero-order chi connectivity index (χ0) is 14.0. The van der Waals surface area contributed by atoms with Gasteiger partial charge in [-0.2, -0.15) is 0 Å². The van der Waals surface area contributed by atoms with Gasteiger partial charge in [-0.25, -0.2) is 4.79 Å². The Kier molecular flexibility index (Phi) is 4.29. The molecule has 0 aromatic heterocycles. The van der Waals surface area contributed by atoms with E-state index in [1.54, 1.807) is 11.8 Å². The van der Waals surface area contributed by atoms with Crippen LogP contribution in [0.25, 0.3) is 0 Å². The number of aliphatic hydroxyl groups is 1. The number of urea groups is 1. The quantitative estimate of drug-likeness (QED) is 0.694. The van der Waals surface area contributed by atoms with Crippen LogP contribution in [-0.2, 0) is 4.79 Å². The molecular weight excluding hydrogens is 248 g/mol. The molecule has 4 unspecified atom stereocenters. The van der Waals surface area contributed by atoms with E-state index >= 15 is 0 Å². The molecule has 1 saturated heterocycles. The SMILES string of the molecule is CCC(CNC(=O)N1CC2CCC(O)C2C1)C(=O)O. The van der Waals surface area contributed by atoms with Gasteiger partial charge in [0.25, 0.3) is 0 Å². The predicted molar refractivity (Wildman–Crippen MR) is 68.6 cm³/mol. The second kappa shape index (κ2) is 5.77. The minimum absolute atomic E-state index is 0.166. The van der Waals surface area contributed by atoms with Crippen LogP contribution in [-0.4, -0.2) is 52.9 Å². The molecule has 3 N–H and O–H groups in total. The van der Waals surface area contributed by atoms with Crippen molar-refractivity contribution in [1.29, 1.82) is 0 Å². The standard InChI is InChI=1S/C13H22N2O4/c1-2-8(12(17)18)5-14-13(19)15-6-9-3-4-11(16)10(9)7-15/h8-11,16H,2-7H2,1H3,(H,14,19)(H,17,18).